The number of amides is 2. The molecule has 2 aliphatic rings. The van der Waals surface area contributed by atoms with Crippen molar-refractivity contribution >= 4 is 17.5 Å². The second kappa shape index (κ2) is 7.71. The van der Waals surface area contributed by atoms with Crippen molar-refractivity contribution in [1.82, 2.24) is 9.88 Å². The third kappa shape index (κ3) is 3.65. The molecule has 0 saturated carbocycles. The number of hydrogen-bond acceptors (Lipinski definition) is 4. The average molecular weight is 419 g/mol. The largest absolute Gasteiger partial charge is 0.397 e. The molecule has 0 radical (unpaired) electrons. The van der Waals surface area contributed by atoms with Gasteiger partial charge in [0, 0.05) is 30.5 Å². The van der Waals surface area contributed by atoms with Crippen molar-refractivity contribution in [3.63, 3.8) is 0 Å². The number of halogens is 3. The summed E-state index contributed by atoms with van der Waals surface area (Å²) in [5.74, 6) is -1.55. The van der Waals surface area contributed by atoms with Crippen molar-refractivity contribution in [2.45, 2.75) is 37.0 Å². The molecule has 1 fully saturated rings. The van der Waals surface area contributed by atoms with Crippen LogP contribution in [0.5, 0.6) is 0 Å². The average Bonchev–Trinajstić information content (AvgIpc) is 2.67. The highest BCUT2D eigenvalue weighted by Gasteiger charge is 2.55. The molecule has 2 amide bonds. The van der Waals surface area contributed by atoms with Crippen LogP contribution in [0.25, 0.3) is 0 Å². The van der Waals surface area contributed by atoms with Gasteiger partial charge in [-0.1, -0.05) is 24.3 Å². The molecule has 0 spiro atoms. The first-order valence-corrected chi connectivity index (χ1v) is 9.57. The normalized spacial score (nSPS) is 22.7. The minimum absolute atomic E-state index is 0.0358. The van der Waals surface area contributed by atoms with E-state index in [1.165, 1.54) is 4.90 Å². The minimum Gasteiger partial charge on any atom is -0.394 e. The summed E-state index contributed by atoms with van der Waals surface area (Å²) in [6.07, 6.45) is -2.96. The fourth-order valence-corrected chi connectivity index (χ4v) is 4.51. The number of pyridine rings is 1. The Hall–Kier alpha value is -2.94. The summed E-state index contributed by atoms with van der Waals surface area (Å²) in [5.41, 5.74) is 1.78. The summed E-state index contributed by atoms with van der Waals surface area (Å²) in [5, 5.41) is 9.93. The van der Waals surface area contributed by atoms with Crippen LogP contribution in [0, 0.1) is 0 Å². The number of alkyl halides is 3. The number of nitrogens with zero attached hydrogens (tertiary/aromatic N) is 3. The maximum absolute atomic E-state index is 12.9. The number of hydrogen-bond donors (Lipinski definition) is 1. The van der Waals surface area contributed by atoms with Crippen LogP contribution in [0.15, 0.2) is 48.8 Å². The van der Waals surface area contributed by atoms with Crippen LogP contribution in [0.4, 0.5) is 18.9 Å². The summed E-state index contributed by atoms with van der Waals surface area (Å²) < 4.78 is 38.5. The third-order valence-corrected chi connectivity index (χ3v) is 5.71. The van der Waals surface area contributed by atoms with Gasteiger partial charge in [-0.2, -0.15) is 13.2 Å². The van der Waals surface area contributed by atoms with Crippen molar-refractivity contribution in [2.75, 3.05) is 18.1 Å². The number of aromatic nitrogens is 1. The SMILES string of the molecule is O=C(CC(F)(F)F)N1C[C@@H]2[C@H](c3ccccc31)[C@H](CO)N2C(=O)Cc1cccnc1. The number of carbonyl (C=O) groups is 2. The first kappa shape index (κ1) is 20.3. The van der Waals surface area contributed by atoms with Crippen LogP contribution in [-0.2, 0) is 16.0 Å². The monoisotopic (exact) mass is 419 g/mol. The maximum Gasteiger partial charge on any atom is 0.397 e. The molecule has 0 aliphatic carbocycles. The van der Waals surface area contributed by atoms with Crippen LogP contribution >= 0.6 is 0 Å². The smallest absolute Gasteiger partial charge is 0.394 e. The van der Waals surface area contributed by atoms with E-state index in [1.54, 1.807) is 48.8 Å². The van der Waals surface area contributed by atoms with Gasteiger partial charge in [0.25, 0.3) is 0 Å². The first-order chi connectivity index (χ1) is 14.3. The van der Waals surface area contributed by atoms with E-state index in [2.05, 4.69) is 4.98 Å². The fraction of sp³-hybridized carbons (Fsp3) is 0.381. The second-order valence-corrected chi connectivity index (χ2v) is 7.54. The summed E-state index contributed by atoms with van der Waals surface area (Å²) >= 11 is 0. The first-order valence-electron chi connectivity index (χ1n) is 9.57. The zero-order chi connectivity index (χ0) is 21.5. The molecule has 4 rings (SSSR count). The lowest BCUT2D eigenvalue weighted by atomic mass is 9.71. The van der Waals surface area contributed by atoms with Crippen LogP contribution in [0.3, 0.4) is 0 Å². The predicted molar refractivity (Wildman–Crippen MR) is 102 cm³/mol. The van der Waals surface area contributed by atoms with E-state index < -0.39 is 30.6 Å². The van der Waals surface area contributed by atoms with Gasteiger partial charge >= 0.3 is 6.18 Å². The molecule has 9 heteroatoms. The number of aliphatic hydroxyl groups excluding tert-OH is 1. The van der Waals surface area contributed by atoms with Crippen molar-refractivity contribution < 1.29 is 27.9 Å². The fourth-order valence-electron chi connectivity index (χ4n) is 4.51. The van der Waals surface area contributed by atoms with E-state index in [1.807, 2.05) is 0 Å². The molecule has 158 valence electrons. The molecule has 0 bridgehead atoms. The Morgan fingerprint density at radius 3 is 2.57 bits per heavy atom. The van der Waals surface area contributed by atoms with Crippen molar-refractivity contribution in [3.8, 4) is 0 Å². The zero-order valence-corrected chi connectivity index (χ0v) is 15.9. The van der Waals surface area contributed by atoms with E-state index in [0.29, 0.717) is 16.8 Å². The standard InChI is InChI=1S/C21H20F3N3O3/c22-21(23,24)9-19(30)26-11-16-20(14-5-1-2-6-15(14)26)17(12-28)27(16)18(29)8-13-4-3-7-25-10-13/h1-7,10,16-17,20,28H,8-9,11-12H2/t16-,17+,20+/m1/s1. The van der Waals surface area contributed by atoms with Gasteiger partial charge in [0.2, 0.25) is 11.8 Å². The van der Waals surface area contributed by atoms with Gasteiger partial charge in [0.15, 0.2) is 0 Å². The minimum atomic E-state index is -4.62. The highest BCUT2D eigenvalue weighted by molar-refractivity contribution is 5.96. The highest BCUT2D eigenvalue weighted by atomic mass is 19.4. The molecule has 3 atom stereocenters. The molecular weight excluding hydrogens is 399 g/mol. The van der Waals surface area contributed by atoms with Crippen molar-refractivity contribution in [1.29, 1.82) is 0 Å². The molecule has 0 unspecified atom stereocenters. The Morgan fingerprint density at radius 1 is 1.13 bits per heavy atom. The van der Waals surface area contributed by atoms with Gasteiger partial charge in [-0.3, -0.25) is 14.6 Å². The quantitative estimate of drug-likeness (QED) is 0.825. The molecule has 30 heavy (non-hydrogen) atoms. The highest BCUT2D eigenvalue weighted by Crippen LogP contribution is 2.48. The molecular formula is C21H20F3N3O3. The van der Waals surface area contributed by atoms with Crippen LogP contribution in [0.2, 0.25) is 0 Å². The van der Waals surface area contributed by atoms with Crippen LogP contribution in [0.1, 0.15) is 23.5 Å². The molecule has 1 aromatic heterocycles. The lowest BCUT2D eigenvalue weighted by Gasteiger charge is -2.59. The number of anilines is 1. The second-order valence-electron chi connectivity index (χ2n) is 7.54. The van der Waals surface area contributed by atoms with Crippen LogP contribution < -0.4 is 4.90 Å². The third-order valence-electron chi connectivity index (χ3n) is 5.71. The number of para-hydroxylation sites is 1. The number of rotatable bonds is 4. The van der Waals surface area contributed by atoms with Gasteiger partial charge in [-0.15, -0.1) is 0 Å². The predicted octanol–water partition coefficient (Wildman–Crippen LogP) is 2.28. The number of carbonyl (C=O) groups excluding carboxylic acids is 2. The maximum atomic E-state index is 12.9. The molecule has 2 aromatic rings. The van der Waals surface area contributed by atoms with E-state index >= 15 is 0 Å². The van der Waals surface area contributed by atoms with Gasteiger partial charge in [0.05, 0.1) is 25.1 Å². The topological polar surface area (TPSA) is 73.7 Å². The summed E-state index contributed by atoms with van der Waals surface area (Å²) in [6, 6.07) is 9.23. The van der Waals surface area contributed by atoms with E-state index in [-0.39, 0.29) is 31.4 Å². The number of benzene rings is 1. The summed E-state index contributed by atoms with van der Waals surface area (Å²) in [4.78, 5) is 32.0. The Balaban J connectivity index is 1.63. The van der Waals surface area contributed by atoms with Gasteiger partial charge < -0.3 is 14.9 Å². The molecule has 2 aliphatic heterocycles. The molecule has 3 heterocycles. The molecule has 1 saturated heterocycles. The van der Waals surface area contributed by atoms with E-state index in [4.69, 9.17) is 0 Å². The summed E-state index contributed by atoms with van der Waals surface area (Å²) in [7, 11) is 0. The van der Waals surface area contributed by atoms with E-state index in [9.17, 15) is 27.9 Å². The van der Waals surface area contributed by atoms with Gasteiger partial charge in [-0.05, 0) is 23.3 Å². The van der Waals surface area contributed by atoms with Crippen LogP contribution in [-0.4, -0.2) is 58.2 Å². The Kier molecular flexibility index (Phi) is 5.23. The Morgan fingerprint density at radius 2 is 1.90 bits per heavy atom. The summed E-state index contributed by atoms with van der Waals surface area (Å²) in [6.45, 7) is -0.309. The lowest BCUT2D eigenvalue weighted by Crippen LogP contribution is -2.71. The lowest BCUT2D eigenvalue weighted by molar-refractivity contribution is -0.155. The van der Waals surface area contributed by atoms with Crippen molar-refractivity contribution in [3.05, 3.63) is 59.9 Å². The van der Waals surface area contributed by atoms with Crippen molar-refractivity contribution in [2.24, 2.45) is 0 Å². The number of aliphatic hydroxyl groups is 1. The molecule has 1 N–H and O–H groups in total. The number of likely N-dealkylation sites (tertiary alicyclic amines) is 1. The molecule has 6 nitrogen and oxygen atoms in total. The number of fused-ring (bicyclic) bond motifs is 3. The van der Waals surface area contributed by atoms with Gasteiger partial charge in [0.1, 0.15) is 6.42 Å². The Labute approximate surface area is 170 Å². The molecule has 1 aromatic carbocycles. The van der Waals surface area contributed by atoms with Gasteiger partial charge in [-0.25, -0.2) is 0 Å². The Bertz CT molecular complexity index is 951. The van der Waals surface area contributed by atoms with E-state index in [0.717, 1.165) is 4.90 Å². The zero-order valence-electron chi connectivity index (χ0n) is 15.9.